The van der Waals surface area contributed by atoms with Crippen LogP contribution in [-0.2, 0) is 18.6 Å². The normalized spacial score (nSPS) is 9.07. The first-order valence-corrected chi connectivity index (χ1v) is 4.67. The molecule has 2 nitrogen and oxygen atoms in total. The SMILES string of the molecule is CCNc1cc(C(C)=O)ccc1S.[V]. The molecule has 1 N–H and O–H groups in total. The average molecular weight is 246 g/mol. The van der Waals surface area contributed by atoms with Crippen molar-refractivity contribution in [1.82, 2.24) is 0 Å². The second-order valence-electron chi connectivity index (χ2n) is 2.82. The van der Waals surface area contributed by atoms with Crippen molar-refractivity contribution in [1.29, 1.82) is 0 Å². The van der Waals surface area contributed by atoms with Crippen LogP contribution in [-0.4, -0.2) is 12.3 Å². The number of carbonyl (C=O) groups excluding carboxylic acids is 1. The molecule has 75 valence electrons. The number of Topliss-reactive ketones (excluding diaryl/α,β-unsaturated/α-hetero) is 1. The molecule has 0 aromatic heterocycles. The molecule has 0 amide bonds. The van der Waals surface area contributed by atoms with E-state index < -0.39 is 0 Å². The Morgan fingerprint density at radius 2 is 2.14 bits per heavy atom. The van der Waals surface area contributed by atoms with E-state index in [0.29, 0.717) is 5.56 Å². The molecule has 0 aliphatic carbocycles. The second-order valence-corrected chi connectivity index (χ2v) is 3.30. The molecular formula is C10H13NOSV. The summed E-state index contributed by atoms with van der Waals surface area (Å²) in [6.45, 7) is 4.39. The van der Waals surface area contributed by atoms with E-state index in [1.807, 2.05) is 19.1 Å². The van der Waals surface area contributed by atoms with E-state index in [4.69, 9.17) is 0 Å². The summed E-state index contributed by atoms with van der Waals surface area (Å²) in [5, 5.41) is 3.14. The van der Waals surface area contributed by atoms with Gasteiger partial charge < -0.3 is 5.32 Å². The van der Waals surface area contributed by atoms with Crippen molar-refractivity contribution >= 4 is 24.1 Å². The molecule has 0 heterocycles. The van der Waals surface area contributed by atoms with Crippen molar-refractivity contribution in [3.05, 3.63) is 23.8 Å². The monoisotopic (exact) mass is 246 g/mol. The van der Waals surface area contributed by atoms with E-state index in [9.17, 15) is 4.79 Å². The predicted octanol–water partition coefficient (Wildman–Crippen LogP) is 2.61. The molecule has 0 unspecified atom stereocenters. The third-order valence-corrected chi connectivity index (χ3v) is 2.16. The Bertz CT molecular complexity index is 328. The fourth-order valence-electron chi connectivity index (χ4n) is 1.09. The largest absolute Gasteiger partial charge is 0.384 e. The molecule has 1 aromatic carbocycles. The molecular weight excluding hydrogens is 233 g/mol. The third-order valence-electron chi connectivity index (χ3n) is 1.77. The van der Waals surface area contributed by atoms with Gasteiger partial charge in [-0.25, -0.2) is 0 Å². The molecule has 0 saturated carbocycles. The Morgan fingerprint density at radius 3 is 2.64 bits per heavy atom. The average Bonchev–Trinajstić information content (AvgIpc) is 2.08. The van der Waals surface area contributed by atoms with Crippen LogP contribution in [0, 0.1) is 0 Å². The van der Waals surface area contributed by atoms with E-state index in [-0.39, 0.29) is 24.3 Å². The van der Waals surface area contributed by atoms with Gasteiger partial charge in [-0.15, -0.1) is 12.6 Å². The van der Waals surface area contributed by atoms with Gasteiger partial charge in [-0.1, -0.05) is 6.07 Å². The van der Waals surface area contributed by atoms with Crippen molar-refractivity contribution < 1.29 is 23.4 Å². The first-order valence-electron chi connectivity index (χ1n) is 4.23. The van der Waals surface area contributed by atoms with E-state index >= 15 is 0 Å². The van der Waals surface area contributed by atoms with Gasteiger partial charge in [-0.2, -0.15) is 0 Å². The Balaban J connectivity index is 0.00000169. The molecule has 0 bridgehead atoms. The molecule has 1 radical (unpaired) electrons. The number of hydrogen-bond acceptors (Lipinski definition) is 3. The van der Waals surface area contributed by atoms with Crippen molar-refractivity contribution in [2.24, 2.45) is 0 Å². The predicted molar refractivity (Wildman–Crippen MR) is 57.9 cm³/mol. The van der Waals surface area contributed by atoms with Crippen LogP contribution in [0.15, 0.2) is 23.1 Å². The zero-order valence-corrected chi connectivity index (χ0v) is 10.5. The van der Waals surface area contributed by atoms with E-state index in [2.05, 4.69) is 17.9 Å². The van der Waals surface area contributed by atoms with Gasteiger partial charge in [0.15, 0.2) is 5.78 Å². The van der Waals surface area contributed by atoms with Gasteiger partial charge in [0.25, 0.3) is 0 Å². The van der Waals surface area contributed by atoms with E-state index in [1.165, 1.54) is 0 Å². The molecule has 0 aliphatic heterocycles. The topological polar surface area (TPSA) is 29.1 Å². The second kappa shape index (κ2) is 6.17. The minimum Gasteiger partial charge on any atom is -0.384 e. The van der Waals surface area contributed by atoms with Gasteiger partial charge in [0.05, 0.1) is 0 Å². The number of ketones is 1. The van der Waals surface area contributed by atoms with Crippen molar-refractivity contribution in [3.8, 4) is 0 Å². The Kier molecular flexibility index (Phi) is 6.01. The van der Waals surface area contributed by atoms with E-state index in [1.54, 1.807) is 13.0 Å². The van der Waals surface area contributed by atoms with Gasteiger partial charge >= 0.3 is 0 Å². The van der Waals surface area contributed by atoms with Crippen molar-refractivity contribution in [3.63, 3.8) is 0 Å². The van der Waals surface area contributed by atoms with E-state index in [0.717, 1.165) is 17.1 Å². The maximum atomic E-state index is 11.1. The zero-order chi connectivity index (χ0) is 9.84. The summed E-state index contributed by atoms with van der Waals surface area (Å²) in [7, 11) is 0. The van der Waals surface area contributed by atoms with Crippen LogP contribution in [0.5, 0.6) is 0 Å². The van der Waals surface area contributed by atoms with Crippen LogP contribution in [0.3, 0.4) is 0 Å². The Hall–Kier alpha value is -0.376. The number of anilines is 1. The van der Waals surface area contributed by atoms with Crippen LogP contribution in [0.1, 0.15) is 24.2 Å². The number of thiol groups is 1. The quantitative estimate of drug-likeness (QED) is 0.634. The molecule has 14 heavy (non-hydrogen) atoms. The molecule has 1 rings (SSSR count). The number of rotatable bonds is 3. The van der Waals surface area contributed by atoms with Gasteiger partial charge in [0, 0.05) is 41.2 Å². The molecule has 1 aromatic rings. The number of carbonyl (C=O) groups is 1. The Morgan fingerprint density at radius 1 is 1.50 bits per heavy atom. The first-order chi connectivity index (χ1) is 6.15. The summed E-state index contributed by atoms with van der Waals surface area (Å²) in [5.74, 6) is 0.0764. The summed E-state index contributed by atoms with van der Waals surface area (Å²) in [5.41, 5.74) is 1.63. The van der Waals surface area contributed by atoms with Crippen LogP contribution in [0.4, 0.5) is 5.69 Å². The molecule has 0 atom stereocenters. The van der Waals surface area contributed by atoms with Gasteiger partial charge in [0.1, 0.15) is 0 Å². The summed E-state index contributed by atoms with van der Waals surface area (Å²) in [4.78, 5) is 11.9. The number of benzene rings is 1. The van der Waals surface area contributed by atoms with Crippen LogP contribution in [0.25, 0.3) is 0 Å². The van der Waals surface area contributed by atoms with Crippen LogP contribution >= 0.6 is 12.6 Å². The summed E-state index contributed by atoms with van der Waals surface area (Å²) in [6.07, 6.45) is 0. The smallest absolute Gasteiger partial charge is 0.159 e. The first kappa shape index (κ1) is 13.6. The molecule has 0 saturated heterocycles. The minimum absolute atomic E-state index is 0. The fraction of sp³-hybridized carbons (Fsp3) is 0.300. The van der Waals surface area contributed by atoms with Gasteiger partial charge in [0.2, 0.25) is 0 Å². The molecule has 0 fully saturated rings. The number of nitrogens with one attached hydrogen (secondary N) is 1. The van der Waals surface area contributed by atoms with Gasteiger partial charge in [-0.3, -0.25) is 4.79 Å². The molecule has 0 aliphatic rings. The summed E-state index contributed by atoms with van der Waals surface area (Å²) < 4.78 is 0. The third kappa shape index (κ3) is 3.41. The van der Waals surface area contributed by atoms with Gasteiger partial charge in [-0.05, 0) is 26.0 Å². The van der Waals surface area contributed by atoms with Crippen LogP contribution in [0.2, 0.25) is 0 Å². The standard InChI is InChI=1S/C10H13NOS.V/c1-3-11-9-6-8(7(2)12)4-5-10(9)13;/h4-6,11,13H,3H2,1-2H3;. The number of hydrogen-bond donors (Lipinski definition) is 2. The summed E-state index contributed by atoms with van der Waals surface area (Å²) >= 11 is 4.27. The van der Waals surface area contributed by atoms with Crippen LogP contribution < -0.4 is 5.32 Å². The maximum Gasteiger partial charge on any atom is 0.159 e. The minimum atomic E-state index is 0. The Labute approximate surface area is 102 Å². The zero-order valence-electron chi connectivity index (χ0n) is 8.24. The maximum absolute atomic E-state index is 11.1. The van der Waals surface area contributed by atoms with Crippen molar-refractivity contribution in [2.45, 2.75) is 18.7 Å². The fourth-order valence-corrected chi connectivity index (χ4v) is 1.31. The molecule has 0 spiro atoms. The summed E-state index contributed by atoms with van der Waals surface area (Å²) in [6, 6.07) is 5.44. The molecule has 4 heteroatoms. The van der Waals surface area contributed by atoms with Crippen molar-refractivity contribution in [2.75, 3.05) is 11.9 Å².